The zero-order valence-corrected chi connectivity index (χ0v) is 10.5. The van der Waals surface area contributed by atoms with Gasteiger partial charge in [0.2, 0.25) is 0 Å². The van der Waals surface area contributed by atoms with Gasteiger partial charge in [0, 0.05) is 90.1 Å². The summed E-state index contributed by atoms with van der Waals surface area (Å²) in [6.07, 6.45) is 0. The van der Waals surface area contributed by atoms with Crippen molar-refractivity contribution in [1.29, 1.82) is 31.6 Å². The maximum absolute atomic E-state index is 6.50. The molecule has 6 nitrogen and oxygen atoms in total. The van der Waals surface area contributed by atoms with Crippen LogP contribution in [0.4, 0.5) is 0 Å². The molecule has 0 saturated heterocycles. The van der Waals surface area contributed by atoms with Crippen molar-refractivity contribution in [3.63, 3.8) is 0 Å². The average Bonchev–Trinajstić information content (AvgIpc) is 2.33. The third-order valence-electron chi connectivity index (χ3n) is 0. The summed E-state index contributed by atoms with van der Waals surface area (Å²) >= 11 is 0. The van der Waals surface area contributed by atoms with Crippen LogP contribution in [-0.2, 0) is 50.6 Å². The van der Waals surface area contributed by atoms with Gasteiger partial charge in [-0.2, -0.15) is 0 Å². The molecule has 0 saturated carbocycles. The first kappa shape index (κ1) is 132. The van der Waals surface area contributed by atoms with Gasteiger partial charge in [-0.15, -0.1) is 0 Å². The molecule has 0 aliphatic carbocycles. The summed E-state index contributed by atoms with van der Waals surface area (Å²) < 4.78 is 0. The molecule has 0 aliphatic heterocycles. The summed E-state index contributed by atoms with van der Waals surface area (Å²) in [6.45, 7) is 21.0. The van der Waals surface area contributed by atoms with Gasteiger partial charge in [-0.1, -0.05) is 7.43 Å². The van der Waals surface area contributed by atoms with E-state index in [1.54, 1.807) is 0 Å². The Bertz CT molecular complexity index is 109. The summed E-state index contributed by atoms with van der Waals surface area (Å²) in [5.41, 5.74) is 0. The molecule has 0 fully saturated rings. The smallest absolute Gasteiger partial charge is 0 e. The van der Waals surface area contributed by atoms with Gasteiger partial charge in [0.15, 0.2) is 0 Å². The molecule has 0 N–H and O–H groups in total. The summed E-state index contributed by atoms with van der Waals surface area (Å²) in [4.78, 5) is 0. The van der Waals surface area contributed by atoms with Crippen LogP contribution in [0.1, 0.15) is 7.43 Å². The molecule has 17 heavy (non-hydrogen) atoms. The molecular formula is C7H11FeMnN6NaNi. The Morgan fingerprint density at radius 1 is 0.471 bits per heavy atom. The van der Waals surface area contributed by atoms with Crippen LogP contribution in [-0.4, -0.2) is 29.6 Å². The van der Waals surface area contributed by atoms with Crippen molar-refractivity contribution < 1.29 is 50.6 Å². The predicted molar refractivity (Wildman–Crippen MR) is 53.9 cm³/mol. The monoisotopic (exact) mass is 371 g/mol. The van der Waals surface area contributed by atoms with Crippen molar-refractivity contribution in [2.75, 3.05) is 0 Å². The van der Waals surface area contributed by atoms with Crippen LogP contribution >= 0.6 is 0 Å². The van der Waals surface area contributed by atoms with Gasteiger partial charge in [-0.3, -0.25) is 0 Å². The molecule has 0 aromatic heterocycles. The molecule has 0 aromatic carbocycles. The van der Waals surface area contributed by atoms with Gasteiger partial charge < -0.3 is 0 Å². The second-order valence-corrected chi connectivity index (χ2v) is 0. The van der Waals surface area contributed by atoms with E-state index in [2.05, 4.69) is 39.4 Å². The zero-order chi connectivity index (χ0) is 12.0. The maximum atomic E-state index is 6.50. The quantitative estimate of drug-likeness (QED) is 0.576. The Labute approximate surface area is 157 Å². The molecule has 0 atom stereocenters. The van der Waals surface area contributed by atoms with E-state index in [0.29, 0.717) is 0 Å². The number of nitrogens with zero attached hydrogens (tertiary/aromatic N) is 6. The van der Waals surface area contributed by atoms with Crippen LogP contribution < -0.4 is 0 Å². The first-order valence-corrected chi connectivity index (χ1v) is 1.55. The normalized spacial score (nSPS) is 0.706. The molecule has 0 unspecified atom stereocenters. The molecule has 0 spiro atoms. The first-order chi connectivity index (χ1) is 6.00. The largest absolute Gasteiger partial charge is 0 e. The van der Waals surface area contributed by atoms with Crippen molar-refractivity contribution in [3.8, 4) is 39.4 Å². The van der Waals surface area contributed by atoms with E-state index < -0.39 is 0 Å². The van der Waals surface area contributed by atoms with Gasteiger partial charge in [0.05, 0.1) is 0 Å². The summed E-state index contributed by atoms with van der Waals surface area (Å²) in [6, 6.07) is 0. The fourth-order valence-electron chi connectivity index (χ4n) is 0. The molecule has 0 aromatic rings. The Morgan fingerprint density at radius 3 is 0.471 bits per heavy atom. The van der Waals surface area contributed by atoms with E-state index in [-0.39, 0.29) is 87.6 Å². The SMILES string of the molecule is C.C#N.C#N.C#N.C#N.C#N.C#N.[Fe].[Mn].[NaH].[Ni]. The van der Waals surface area contributed by atoms with E-state index >= 15 is 0 Å². The van der Waals surface area contributed by atoms with Crippen molar-refractivity contribution >= 4 is 29.6 Å². The second-order valence-electron chi connectivity index (χ2n) is 0. The van der Waals surface area contributed by atoms with E-state index in [1.807, 2.05) is 0 Å². The van der Waals surface area contributed by atoms with Crippen molar-refractivity contribution in [3.05, 3.63) is 0 Å². The number of hydrogen-bond donors (Lipinski definition) is 0. The number of rotatable bonds is 0. The Balaban J connectivity index is -0.00000000267. The van der Waals surface area contributed by atoms with Crippen molar-refractivity contribution in [1.82, 2.24) is 0 Å². The minimum Gasteiger partial charge on any atom is 0 e. The minimum absolute atomic E-state index is 0. The van der Waals surface area contributed by atoms with Crippen LogP contribution in [0.5, 0.6) is 0 Å². The zero-order valence-electron chi connectivity index (χ0n) is 7.20. The van der Waals surface area contributed by atoms with Crippen molar-refractivity contribution in [2.45, 2.75) is 7.43 Å². The predicted octanol–water partition coefficient (Wildman–Crippen LogP) is 0.819. The van der Waals surface area contributed by atoms with Crippen LogP contribution in [0, 0.1) is 71.0 Å². The van der Waals surface area contributed by atoms with E-state index in [4.69, 9.17) is 31.6 Å². The van der Waals surface area contributed by atoms with Gasteiger partial charge in [0.25, 0.3) is 0 Å². The van der Waals surface area contributed by atoms with Gasteiger partial charge >= 0.3 is 29.6 Å². The molecule has 95 valence electrons. The molecule has 1 radical (unpaired) electrons. The van der Waals surface area contributed by atoms with Crippen LogP contribution in [0.2, 0.25) is 0 Å². The van der Waals surface area contributed by atoms with Crippen LogP contribution in [0.25, 0.3) is 0 Å². The van der Waals surface area contributed by atoms with Gasteiger partial charge in [-0.05, 0) is 0 Å². The van der Waals surface area contributed by atoms with E-state index in [1.165, 1.54) is 0 Å². The third kappa shape index (κ3) is 10100. The van der Waals surface area contributed by atoms with Crippen molar-refractivity contribution in [2.24, 2.45) is 0 Å². The van der Waals surface area contributed by atoms with E-state index in [0.717, 1.165) is 0 Å². The van der Waals surface area contributed by atoms with Crippen LogP contribution in [0.15, 0.2) is 0 Å². The third-order valence-corrected chi connectivity index (χ3v) is 0. The van der Waals surface area contributed by atoms with Gasteiger partial charge in [0.1, 0.15) is 0 Å². The summed E-state index contributed by atoms with van der Waals surface area (Å²) in [5, 5.41) is 39.0. The average molecular weight is 372 g/mol. The topological polar surface area (TPSA) is 143 Å². The second kappa shape index (κ2) is 11600. The summed E-state index contributed by atoms with van der Waals surface area (Å²) in [5.74, 6) is 0. The molecular weight excluding hydrogens is 361 g/mol. The Kier molecular flexibility index (Phi) is 90200. The Hall–Kier alpha value is -0.528. The number of hydrogen-bond acceptors (Lipinski definition) is 6. The van der Waals surface area contributed by atoms with Gasteiger partial charge in [-0.25, -0.2) is 31.6 Å². The minimum atomic E-state index is 0. The molecule has 0 bridgehead atoms. The van der Waals surface area contributed by atoms with E-state index in [9.17, 15) is 0 Å². The summed E-state index contributed by atoms with van der Waals surface area (Å²) in [7, 11) is 0. The fraction of sp³-hybridized carbons (Fsp3) is 0.143. The molecule has 0 rings (SSSR count). The fourth-order valence-corrected chi connectivity index (χ4v) is 0. The molecule has 10 heteroatoms. The standard InChI is InChI=1S/6CHN.CH4.Fe.Mn.Na.Ni.H/c6*1-2;;;;;;/h6*1H;1H4;;;;;. The molecule has 0 heterocycles. The Morgan fingerprint density at radius 2 is 0.471 bits per heavy atom. The molecule has 0 aliphatic rings. The van der Waals surface area contributed by atoms with Crippen LogP contribution in [0.3, 0.4) is 0 Å². The molecule has 0 amide bonds. The first-order valence-electron chi connectivity index (χ1n) is 1.55. The maximum Gasteiger partial charge on any atom is 0 e. The number of nitriles is 6.